The van der Waals surface area contributed by atoms with Crippen LogP contribution in [0, 0.1) is 0 Å². The molecule has 0 bridgehead atoms. The minimum atomic E-state index is -0.241. The largest absolute Gasteiger partial charge is 0.377 e. The molecule has 1 fully saturated rings. The molecule has 2 aromatic rings. The van der Waals surface area contributed by atoms with Crippen LogP contribution >= 0.6 is 11.8 Å². The van der Waals surface area contributed by atoms with Gasteiger partial charge in [0.25, 0.3) is 0 Å². The van der Waals surface area contributed by atoms with Crippen LogP contribution in [0.3, 0.4) is 0 Å². The second kappa shape index (κ2) is 8.67. The number of carbonyl (C=O) groups excluding carboxylic acids is 1. The number of hydrogen-bond acceptors (Lipinski definition) is 6. The Bertz CT molecular complexity index is 963. The molecule has 7 nitrogen and oxygen atoms in total. The quantitative estimate of drug-likeness (QED) is 0.724. The molecule has 2 amide bonds. The Morgan fingerprint density at radius 2 is 2.03 bits per heavy atom. The van der Waals surface area contributed by atoms with Crippen molar-refractivity contribution in [1.82, 2.24) is 15.3 Å². The first-order chi connectivity index (χ1) is 14.8. The summed E-state index contributed by atoms with van der Waals surface area (Å²) in [7, 11) is 1.60. The van der Waals surface area contributed by atoms with Crippen molar-refractivity contribution < 1.29 is 9.53 Å². The van der Waals surface area contributed by atoms with Crippen molar-refractivity contribution in [3.8, 4) is 11.4 Å². The van der Waals surface area contributed by atoms with E-state index < -0.39 is 0 Å². The Balaban J connectivity index is 1.79. The highest BCUT2D eigenvalue weighted by Gasteiger charge is 2.42. The second-order valence-electron chi connectivity index (χ2n) is 8.52. The van der Waals surface area contributed by atoms with E-state index in [1.165, 1.54) is 5.56 Å². The normalized spacial score (nSPS) is 22.2. The highest BCUT2D eigenvalue weighted by Crippen LogP contribution is 2.56. The summed E-state index contributed by atoms with van der Waals surface area (Å²) in [5.74, 6) is 1.78. The number of fused-ring (bicyclic) bond motifs is 1. The number of rotatable bonds is 4. The first kappa shape index (κ1) is 21.9. The predicted molar refractivity (Wildman–Crippen MR) is 127 cm³/mol. The van der Waals surface area contributed by atoms with E-state index >= 15 is 0 Å². The van der Waals surface area contributed by atoms with Gasteiger partial charge in [0.2, 0.25) is 0 Å². The molecule has 1 aromatic carbocycles. The third-order valence-corrected chi connectivity index (χ3v) is 7.34. The average Bonchev–Trinajstić information content (AvgIpc) is 3.01. The van der Waals surface area contributed by atoms with Crippen LogP contribution in [0.25, 0.3) is 11.4 Å². The van der Waals surface area contributed by atoms with Crippen molar-refractivity contribution in [3.05, 3.63) is 35.5 Å². The van der Waals surface area contributed by atoms with Gasteiger partial charge in [-0.05, 0) is 51.5 Å². The van der Waals surface area contributed by atoms with Crippen molar-refractivity contribution >= 4 is 29.3 Å². The maximum Gasteiger partial charge on any atom is 0.318 e. The molecule has 0 saturated carbocycles. The molecular weight excluding hydrogens is 410 g/mol. The SMILES string of the molecule is CCC1COCCN1c1nc(-c2ccc(NC(=O)NC)cc2)nc2c1C(C)SC2(C)C. The fourth-order valence-corrected chi connectivity index (χ4v) is 5.85. The predicted octanol–water partition coefficient (Wildman–Crippen LogP) is 4.55. The first-order valence-electron chi connectivity index (χ1n) is 10.9. The molecule has 166 valence electrons. The second-order valence-corrected chi connectivity index (χ2v) is 10.5. The molecule has 2 aliphatic rings. The van der Waals surface area contributed by atoms with E-state index in [0.717, 1.165) is 54.8 Å². The number of anilines is 2. The molecule has 1 aromatic heterocycles. The van der Waals surface area contributed by atoms with Crippen LogP contribution in [0.15, 0.2) is 24.3 Å². The first-order valence-corrected chi connectivity index (χ1v) is 11.8. The molecule has 1 saturated heterocycles. The molecule has 4 rings (SSSR count). The molecule has 0 radical (unpaired) electrons. The number of carbonyl (C=O) groups is 1. The zero-order valence-electron chi connectivity index (χ0n) is 18.9. The van der Waals surface area contributed by atoms with Gasteiger partial charge in [-0.3, -0.25) is 0 Å². The van der Waals surface area contributed by atoms with Gasteiger partial charge >= 0.3 is 6.03 Å². The van der Waals surface area contributed by atoms with E-state index in [2.05, 4.69) is 43.2 Å². The molecule has 2 unspecified atom stereocenters. The number of benzene rings is 1. The molecule has 2 N–H and O–H groups in total. The smallest absolute Gasteiger partial charge is 0.318 e. The molecule has 8 heteroatoms. The minimum absolute atomic E-state index is 0.0735. The zero-order valence-corrected chi connectivity index (χ0v) is 19.7. The summed E-state index contributed by atoms with van der Waals surface area (Å²) in [6.07, 6.45) is 1.01. The topological polar surface area (TPSA) is 79.4 Å². The number of nitrogens with zero attached hydrogens (tertiary/aromatic N) is 3. The van der Waals surface area contributed by atoms with E-state index in [1.54, 1.807) is 7.05 Å². The number of aromatic nitrogens is 2. The highest BCUT2D eigenvalue weighted by atomic mass is 32.2. The number of hydrogen-bond donors (Lipinski definition) is 2. The number of thioether (sulfide) groups is 1. The molecule has 2 aliphatic heterocycles. The van der Waals surface area contributed by atoms with Gasteiger partial charge in [0.15, 0.2) is 5.82 Å². The van der Waals surface area contributed by atoms with E-state index in [1.807, 2.05) is 36.0 Å². The van der Waals surface area contributed by atoms with Crippen molar-refractivity contribution in [2.45, 2.75) is 50.2 Å². The molecule has 2 atom stereocenters. The molecule has 0 aliphatic carbocycles. The van der Waals surface area contributed by atoms with Gasteiger partial charge in [-0.2, -0.15) is 0 Å². The van der Waals surface area contributed by atoms with Crippen LogP contribution in [0.4, 0.5) is 16.3 Å². The lowest BCUT2D eigenvalue weighted by molar-refractivity contribution is 0.0924. The summed E-state index contributed by atoms with van der Waals surface area (Å²) in [4.78, 5) is 24.2. The van der Waals surface area contributed by atoms with E-state index in [4.69, 9.17) is 14.7 Å². The number of nitrogens with one attached hydrogen (secondary N) is 2. The van der Waals surface area contributed by atoms with E-state index in [0.29, 0.717) is 11.3 Å². The lowest BCUT2D eigenvalue weighted by Crippen LogP contribution is -2.46. The van der Waals surface area contributed by atoms with Crippen LogP contribution in [-0.2, 0) is 9.48 Å². The molecule has 0 spiro atoms. The lowest BCUT2D eigenvalue weighted by atomic mass is 10.00. The number of morpholine rings is 1. The fraction of sp³-hybridized carbons (Fsp3) is 0.522. The summed E-state index contributed by atoms with van der Waals surface area (Å²) in [6.45, 7) is 11.2. The van der Waals surface area contributed by atoms with Gasteiger partial charge in [-0.25, -0.2) is 14.8 Å². The minimum Gasteiger partial charge on any atom is -0.377 e. The molecule has 3 heterocycles. The van der Waals surface area contributed by atoms with Crippen LogP contribution in [0.1, 0.15) is 50.6 Å². The number of ether oxygens (including phenoxy) is 1. The Labute approximate surface area is 188 Å². The summed E-state index contributed by atoms with van der Waals surface area (Å²) in [6, 6.07) is 7.77. The molecule has 31 heavy (non-hydrogen) atoms. The van der Waals surface area contributed by atoms with E-state index in [9.17, 15) is 4.79 Å². The Hall–Kier alpha value is -2.32. The van der Waals surface area contributed by atoms with Gasteiger partial charge in [0.05, 0.1) is 29.7 Å². The summed E-state index contributed by atoms with van der Waals surface area (Å²) in [5, 5.41) is 5.69. The van der Waals surface area contributed by atoms with Crippen LogP contribution in [0.2, 0.25) is 0 Å². The third-order valence-electron chi connectivity index (χ3n) is 5.97. The number of urea groups is 1. The van der Waals surface area contributed by atoms with Crippen molar-refractivity contribution in [2.75, 3.05) is 37.0 Å². The third kappa shape index (κ3) is 4.23. The monoisotopic (exact) mass is 441 g/mol. The maximum atomic E-state index is 11.6. The maximum absolute atomic E-state index is 11.6. The van der Waals surface area contributed by atoms with Gasteiger partial charge in [-0.15, -0.1) is 11.8 Å². The molecular formula is C23H31N5O2S. The van der Waals surface area contributed by atoms with Crippen molar-refractivity contribution in [2.24, 2.45) is 0 Å². The van der Waals surface area contributed by atoms with Crippen molar-refractivity contribution in [1.29, 1.82) is 0 Å². The lowest BCUT2D eigenvalue weighted by Gasteiger charge is -2.37. The zero-order chi connectivity index (χ0) is 22.2. The Morgan fingerprint density at radius 1 is 1.29 bits per heavy atom. The van der Waals surface area contributed by atoms with Crippen molar-refractivity contribution in [3.63, 3.8) is 0 Å². The van der Waals surface area contributed by atoms with Gasteiger partial charge in [-0.1, -0.05) is 6.92 Å². The van der Waals surface area contributed by atoms with Gasteiger partial charge in [0.1, 0.15) is 5.82 Å². The van der Waals surface area contributed by atoms with Crippen LogP contribution < -0.4 is 15.5 Å². The highest BCUT2D eigenvalue weighted by molar-refractivity contribution is 8.00. The van der Waals surface area contributed by atoms with Gasteiger partial charge in [0, 0.05) is 35.7 Å². The van der Waals surface area contributed by atoms with Crippen LogP contribution in [-0.4, -0.2) is 48.8 Å². The number of amides is 2. The van der Waals surface area contributed by atoms with Crippen LogP contribution in [0.5, 0.6) is 0 Å². The summed E-state index contributed by atoms with van der Waals surface area (Å²) >= 11 is 1.94. The average molecular weight is 442 g/mol. The van der Waals surface area contributed by atoms with Gasteiger partial charge < -0.3 is 20.3 Å². The Morgan fingerprint density at radius 3 is 2.71 bits per heavy atom. The Kier molecular flexibility index (Phi) is 6.12. The standard InChI is InChI=1S/C23H31N5O2S/c1-6-17-13-30-12-11-28(17)21-18-14(2)31-23(3,4)19(18)26-20(27-21)15-7-9-16(10-8-15)25-22(29)24-5/h7-10,14,17H,6,11-13H2,1-5H3,(H2,24,25,29). The summed E-state index contributed by atoms with van der Waals surface area (Å²) in [5.41, 5.74) is 4.05. The van der Waals surface area contributed by atoms with E-state index in [-0.39, 0.29) is 10.8 Å². The fourth-order valence-electron chi connectivity index (χ4n) is 4.36. The summed E-state index contributed by atoms with van der Waals surface area (Å²) < 4.78 is 5.68.